The summed E-state index contributed by atoms with van der Waals surface area (Å²) >= 11 is 0. The summed E-state index contributed by atoms with van der Waals surface area (Å²) in [5.74, 6) is -5.04. The number of likely N-dealkylation sites (N-methyl/N-ethyl adjacent to an activating group) is 1. The molecule has 1 amide bonds. The number of carboxylic acids is 2. The van der Waals surface area contributed by atoms with Gasteiger partial charge in [-0.15, -0.1) is 0 Å². The van der Waals surface area contributed by atoms with Gasteiger partial charge in [-0.05, 0) is 30.4 Å². The van der Waals surface area contributed by atoms with E-state index >= 15 is 0 Å². The fourth-order valence-electron chi connectivity index (χ4n) is 3.63. The smallest absolute Gasteiger partial charge is 0.475 e. The van der Waals surface area contributed by atoms with E-state index in [-0.39, 0.29) is 18.6 Å². The molecule has 2 aliphatic rings. The van der Waals surface area contributed by atoms with Crippen LogP contribution >= 0.6 is 0 Å². The predicted molar refractivity (Wildman–Crippen MR) is 118 cm³/mol. The van der Waals surface area contributed by atoms with Gasteiger partial charge in [0.1, 0.15) is 6.61 Å². The number of ether oxygens (including phenoxy) is 2. The van der Waals surface area contributed by atoms with Crippen LogP contribution in [0.3, 0.4) is 0 Å². The summed E-state index contributed by atoms with van der Waals surface area (Å²) in [4.78, 5) is 37.7. The molecule has 1 unspecified atom stereocenters. The number of hydrogen-bond acceptors (Lipinski definition) is 7. The first kappa shape index (κ1) is 33.0. The molecule has 1 aromatic heterocycles. The second-order valence-corrected chi connectivity index (χ2v) is 8.55. The number of rotatable bonds is 6. The molecule has 1 saturated carbocycles. The second-order valence-electron chi connectivity index (χ2n) is 8.55. The van der Waals surface area contributed by atoms with Gasteiger partial charge in [-0.2, -0.15) is 26.3 Å². The molecule has 2 N–H and O–H groups in total. The van der Waals surface area contributed by atoms with Crippen LogP contribution < -0.4 is 0 Å². The van der Waals surface area contributed by atoms with Crippen molar-refractivity contribution in [3.8, 4) is 0 Å². The molecule has 1 saturated heterocycles. The number of pyridine rings is 1. The zero-order valence-electron chi connectivity index (χ0n) is 20.5. The van der Waals surface area contributed by atoms with Gasteiger partial charge in [0.2, 0.25) is 5.91 Å². The van der Waals surface area contributed by atoms with Crippen LogP contribution in [0.5, 0.6) is 0 Å². The van der Waals surface area contributed by atoms with Gasteiger partial charge in [0.25, 0.3) is 0 Å². The quantitative estimate of drug-likeness (QED) is 0.503. The molecule has 3 rings (SSSR count). The number of halogens is 6. The van der Waals surface area contributed by atoms with Gasteiger partial charge in [-0.3, -0.25) is 14.7 Å². The maximum atomic E-state index is 11.6. The van der Waals surface area contributed by atoms with Crippen molar-refractivity contribution < 1.29 is 60.4 Å². The Kier molecular flexibility index (Phi) is 12.9. The maximum absolute atomic E-state index is 11.6. The van der Waals surface area contributed by atoms with E-state index in [1.54, 1.807) is 19.0 Å². The van der Waals surface area contributed by atoms with E-state index in [4.69, 9.17) is 29.3 Å². The normalized spacial score (nSPS) is 21.2. The first-order valence-electron chi connectivity index (χ1n) is 11.1. The fourth-order valence-corrected chi connectivity index (χ4v) is 3.63. The number of carboxylic acid groups (broad SMARTS) is 2. The summed E-state index contributed by atoms with van der Waals surface area (Å²) in [6.07, 6.45) is -4.05. The van der Waals surface area contributed by atoms with Crippen molar-refractivity contribution in [3.05, 3.63) is 30.1 Å². The lowest BCUT2D eigenvalue weighted by Crippen LogP contribution is -2.47. The van der Waals surface area contributed by atoms with Crippen molar-refractivity contribution in [1.82, 2.24) is 14.8 Å². The molecule has 38 heavy (non-hydrogen) atoms. The minimum absolute atomic E-state index is 0.0138. The van der Waals surface area contributed by atoms with Gasteiger partial charge in [-0.1, -0.05) is 6.07 Å². The lowest BCUT2D eigenvalue weighted by atomic mass is 10.1. The average Bonchev–Trinajstić information content (AvgIpc) is 3.23. The van der Waals surface area contributed by atoms with Crippen LogP contribution in [0.15, 0.2) is 24.5 Å². The highest BCUT2D eigenvalue weighted by molar-refractivity contribution is 5.76. The molecule has 0 aromatic carbocycles. The van der Waals surface area contributed by atoms with Crippen molar-refractivity contribution in [2.45, 2.75) is 43.9 Å². The Morgan fingerprint density at radius 2 is 1.68 bits per heavy atom. The Bertz CT molecular complexity index is 876. The van der Waals surface area contributed by atoms with E-state index in [9.17, 15) is 31.1 Å². The monoisotopic (exact) mass is 561 g/mol. The van der Waals surface area contributed by atoms with E-state index < -0.39 is 24.3 Å². The van der Waals surface area contributed by atoms with Crippen molar-refractivity contribution in [2.75, 3.05) is 40.5 Å². The molecular formula is C22H29F6N3O7. The molecule has 3 atom stereocenters. The summed E-state index contributed by atoms with van der Waals surface area (Å²) in [6, 6.07) is 4.55. The SMILES string of the molecule is CN(C)C(=O)COCC1C[C@@H]2OCCN(Cc3cccnc3)[C@H]2C1.O=C(O)C(F)(F)F.O=C(O)C(F)(F)F. The highest BCUT2D eigenvalue weighted by atomic mass is 19.4. The largest absolute Gasteiger partial charge is 0.490 e. The van der Waals surface area contributed by atoms with Crippen LogP contribution in [0.1, 0.15) is 18.4 Å². The molecule has 16 heteroatoms. The lowest BCUT2D eigenvalue weighted by molar-refractivity contribution is -0.193. The number of alkyl halides is 6. The van der Waals surface area contributed by atoms with Gasteiger partial charge in [-0.25, -0.2) is 9.59 Å². The van der Waals surface area contributed by atoms with Crippen molar-refractivity contribution >= 4 is 17.8 Å². The van der Waals surface area contributed by atoms with E-state index in [1.165, 1.54) is 5.56 Å². The number of nitrogens with zero attached hydrogens (tertiary/aromatic N) is 3. The molecule has 2 fully saturated rings. The second kappa shape index (κ2) is 14.8. The Morgan fingerprint density at radius 3 is 2.16 bits per heavy atom. The van der Waals surface area contributed by atoms with Crippen LogP contribution in [0.4, 0.5) is 26.3 Å². The first-order valence-corrected chi connectivity index (χ1v) is 11.1. The van der Waals surface area contributed by atoms with Crippen molar-refractivity contribution in [1.29, 1.82) is 0 Å². The highest BCUT2D eigenvalue weighted by Gasteiger charge is 2.41. The van der Waals surface area contributed by atoms with Gasteiger partial charge in [0.15, 0.2) is 0 Å². The fraction of sp³-hybridized carbons (Fsp3) is 0.636. The third-order valence-corrected chi connectivity index (χ3v) is 5.42. The molecule has 0 radical (unpaired) electrons. The van der Waals surface area contributed by atoms with Crippen molar-refractivity contribution in [2.24, 2.45) is 5.92 Å². The molecular weight excluding hydrogens is 532 g/mol. The van der Waals surface area contributed by atoms with Crippen molar-refractivity contribution in [3.63, 3.8) is 0 Å². The molecule has 216 valence electrons. The molecule has 0 bridgehead atoms. The Labute approximate surface area is 214 Å². The Morgan fingerprint density at radius 1 is 1.11 bits per heavy atom. The van der Waals surface area contributed by atoms with Gasteiger partial charge in [0.05, 0.1) is 19.3 Å². The topological polar surface area (TPSA) is 130 Å². The standard InChI is InChI=1S/C18H27N3O3.2C2HF3O2/c1-20(2)18(22)13-23-12-15-8-16-17(9-15)24-7-6-21(16)11-14-4-3-5-19-10-14;2*3-2(4,5)1(6)7/h3-5,10,15-17H,6-9,11-13H2,1-2H3;2*(H,6,7)/t15?,16-,17-;;/m0../s1. The maximum Gasteiger partial charge on any atom is 0.490 e. The van der Waals surface area contributed by atoms with Crippen LogP contribution in [0, 0.1) is 5.92 Å². The van der Waals surface area contributed by atoms with E-state index in [0.717, 1.165) is 32.5 Å². The zero-order chi connectivity index (χ0) is 29.1. The number of fused-ring (bicyclic) bond motifs is 1. The van der Waals surface area contributed by atoms with Crippen LogP contribution in [0.25, 0.3) is 0 Å². The summed E-state index contributed by atoms with van der Waals surface area (Å²) < 4.78 is 75.1. The van der Waals surface area contributed by atoms with Crippen LogP contribution in [-0.4, -0.2) is 108 Å². The van der Waals surface area contributed by atoms with Gasteiger partial charge >= 0.3 is 24.3 Å². The van der Waals surface area contributed by atoms with Gasteiger partial charge < -0.3 is 24.6 Å². The Hall–Kier alpha value is -2.98. The van der Waals surface area contributed by atoms with Gasteiger partial charge in [0, 0.05) is 45.6 Å². The molecule has 10 nitrogen and oxygen atoms in total. The third-order valence-electron chi connectivity index (χ3n) is 5.42. The molecule has 0 spiro atoms. The predicted octanol–water partition coefficient (Wildman–Crippen LogP) is 2.43. The summed E-state index contributed by atoms with van der Waals surface area (Å²) in [6.45, 7) is 3.47. The highest BCUT2D eigenvalue weighted by Crippen LogP contribution is 2.35. The third kappa shape index (κ3) is 12.0. The van der Waals surface area contributed by atoms with E-state index in [2.05, 4.69) is 16.0 Å². The number of aliphatic carboxylic acids is 2. The van der Waals surface area contributed by atoms with E-state index in [1.807, 2.05) is 18.5 Å². The lowest BCUT2D eigenvalue weighted by Gasteiger charge is -2.37. The average molecular weight is 561 g/mol. The molecule has 1 aliphatic carbocycles. The summed E-state index contributed by atoms with van der Waals surface area (Å²) in [7, 11) is 3.50. The summed E-state index contributed by atoms with van der Waals surface area (Å²) in [5.41, 5.74) is 1.24. The first-order chi connectivity index (χ1) is 17.5. The number of morpholine rings is 1. The van der Waals surface area contributed by atoms with Crippen LogP contribution in [-0.2, 0) is 30.4 Å². The minimum Gasteiger partial charge on any atom is -0.475 e. The molecule has 2 heterocycles. The number of carbonyl (C=O) groups is 3. The van der Waals surface area contributed by atoms with Crippen LogP contribution in [0.2, 0.25) is 0 Å². The van der Waals surface area contributed by atoms with E-state index in [0.29, 0.717) is 18.6 Å². The minimum atomic E-state index is -5.08. The molecule has 1 aromatic rings. The molecule has 1 aliphatic heterocycles. The number of carbonyl (C=O) groups excluding carboxylic acids is 1. The summed E-state index contributed by atoms with van der Waals surface area (Å²) in [5, 5.41) is 14.2. The Balaban J connectivity index is 0.000000426. The number of amides is 1. The number of aromatic nitrogens is 1. The zero-order valence-corrected chi connectivity index (χ0v) is 20.5. The number of hydrogen-bond donors (Lipinski definition) is 2.